The van der Waals surface area contributed by atoms with Crippen molar-refractivity contribution in [1.82, 2.24) is 20.1 Å². The lowest BCUT2D eigenvalue weighted by molar-refractivity contribution is -0.387. The molecule has 3 aromatic rings. The van der Waals surface area contributed by atoms with Crippen LogP contribution in [0.5, 0.6) is 0 Å². The van der Waals surface area contributed by atoms with Crippen molar-refractivity contribution in [2.45, 2.75) is 23.0 Å². The molecule has 1 atom stereocenters. The van der Waals surface area contributed by atoms with Gasteiger partial charge in [0.2, 0.25) is 0 Å². The predicted octanol–water partition coefficient (Wildman–Crippen LogP) is 4.67. The van der Waals surface area contributed by atoms with Crippen LogP contribution in [0, 0.1) is 10.1 Å². The van der Waals surface area contributed by atoms with Crippen molar-refractivity contribution in [1.29, 1.82) is 0 Å². The number of nitrogens with zero attached hydrogens (tertiary/aromatic N) is 4. The number of nitro groups is 1. The summed E-state index contributed by atoms with van der Waals surface area (Å²) in [7, 11) is 1.74. The van der Waals surface area contributed by atoms with E-state index in [2.05, 4.69) is 15.5 Å². The number of nitrogens with one attached hydrogen (secondary N) is 1. The van der Waals surface area contributed by atoms with Crippen molar-refractivity contribution in [2.75, 3.05) is 0 Å². The van der Waals surface area contributed by atoms with Crippen molar-refractivity contribution in [3.8, 4) is 0 Å². The maximum absolute atomic E-state index is 12.6. The highest BCUT2D eigenvalue weighted by molar-refractivity contribution is 7.99. The van der Waals surface area contributed by atoms with E-state index in [1.807, 2.05) is 0 Å². The van der Waals surface area contributed by atoms with Crippen LogP contribution in [0.4, 0.5) is 5.69 Å². The third-order valence-electron chi connectivity index (χ3n) is 4.08. The van der Waals surface area contributed by atoms with Crippen molar-refractivity contribution >= 4 is 46.6 Å². The fourth-order valence-electron chi connectivity index (χ4n) is 2.50. The third kappa shape index (κ3) is 4.87. The number of rotatable bonds is 6. The van der Waals surface area contributed by atoms with Crippen molar-refractivity contribution < 1.29 is 9.72 Å². The minimum atomic E-state index is -0.530. The first kappa shape index (κ1) is 21.1. The molecule has 1 unspecified atom stereocenters. The maximum atomic E-state index is 12.6. The molecule has 8 nitrogen and oxygen atoms in total. The molecule has 0 aliphatic carbocycles. The number of carbonyl (C=O) groups is 1. The van der Waals surface area contributed by atoms with Crippen LogP contribution in [0.2, 0.25) is 10.0 Å². The zero-order valence-electron chi connectivity index (χ0n) is 15.3. The number of aryl methyl sites for hydroxylation is 1. The van der Waals surface area contributed by atoms with Gasteiger partial charge in [0.1, 0.15) is 6.33 Å². The highest BCUT2D eigenvalue weighted by atomic mass is 35.5. The molecule has 150 valence electrons. The van der Waals surface area contributed by atoms with Gasteiger partial charge in [0.25, 0.3) is 11.6 Å². The Morgan fingerprint density at radius 1 is 1.24 bits per heavy atom. The Bertz CT molecular complexity index is 1090. The van der Waals surface area contributed by atoms with Crippen LogP contribution in [-0.2, 0) is 7.05 Å². The molecule has 2 aromatic carbocycles. The summed E-state index contributed by atoms with van der Waals surface area (Å²) in [6.07, 6.45) is 1.50. The second-order valence-electron chi connectivity index (χ2n) is 6.13. The molecule has 1 aromatic heterocycles. The molecule has 0 fully saturated rings. The Morgan fingerprint density at radius 3 is 2.62 bits per heavy atom. The molecular weight excluding hydrogens is 437 g/mol. The Kier molecular flexibility index (Phi) is 6.41. The molecule has 29 heavy (non-hydrogen) atoms. The van der Waals surface area contributed by atoms with Crippen molar-refractivity contribution in [2.24, 2.45) is 7.05 Å². The molecule has 0 saturated heterocycles. The van der Waals surface area contributed by atoms with Gasteiger partial charge >= 0.3 is 0 Å². The van der Waals surface area contributed by atoms with Crippen LogP contribution in [0.15, 0.2) is 52.8 Å². The Labute approximate surface area is 180 Å². The van der Waals surface area contributed by atoms with Gasteiger partial charge < -0.3 is 9.88 Å². The summed E-state index contributed by atoms with van der Waals surface area (Å²) in [5, 5.41) is 23.3. The van der Waals surface area contributed by atoms with Crippen LogP contribution in [0.3, 0.4) is 0 Å². The molecule has 11 heteroatoms. The highest BCUT2D eigenvalue weighted by Gasteiger charge is 2.21. The standard InChI is InChI=1S/C18H15Cl2N5O3S/c1-10(11-3-5-13(19)14(20)7-11)22-17(26)12-4-6-16(15(8-12)25(27)28)29-18-23-21-9-24(18)2/h3-10H,1-2H3,(H,22,26). The van der Waals surface area contributed by atoms with E-state index in [9.17, 15) is 14.9 Å². The van der Waals surface area contributed by atoms with Gasteiger partial charge in [0, 0.05) is 18.7 Å². The average Bonchev–Trinajstić information content (AvgIpc) is 3.08. The minimum absolute atomic E-state index is 0.172. The van der Waals surface area contributed by atoms with E-state index in [0.717, 1.165) is 17.3 Å². The number of hydrogen-bond acceptors (Lipinski definition) is 6. The normalized spacial score (nSPS) is 11.9. The van der Waals surface area contributed by atoms with E-state index in [4.69, 9.17) is 23.2 Å². The zero-order chi connectivity index (χ0) is 21.1. The largest absolute Gasteiger partial charge is 0.346 e. The summed E-state index contributed by atoms with van der Waals surface area (Å²) in [4.78, 5) is 24.0. The summed E-state index contributed by atoms with van der Waals surface area (Å²) in [6.45, 7) is 1.78. The van der Waals surface area contributed by atoms with Gasteiger partial charge in [-0.3, -0.25) is 14.9 Å². The summed E-state index contributed by atoms with van der Waals surface area (Å²) < 4.78 is 1.65. The van der Waals surface area contributed by atoms with E-state index >= 15 is 0 Å². The van der Waals surface area contributed by atoms with Crippen LogP contribution in [0.25, 0.3) is 0 Å². The molecule has 3 rings (SSSR count). The SMILES string of the molecule is CC(NC(=O)c1ccc(Sc2nncn2C)c([N+](=O)[O-])c1)c1ccc(Cl)c(Cl)c1. The Balaban J connectivity index is 1.81. The van der Waals surface area contributed by atoms with Crippen LogP contribution in [0.1, 0.15) is 28.9 Å². The van der Waals surface area contributed by atoms with E-state index in [1.165, 1.54) is 24.5 Å². The van der Waals surface area contributed by atoms with Gasteiger partial charge in [-0.25, -0.2) is 0 Å². The van der Waals surface area contributed by atoms with E-state index in [1.54, 1.807) is 36.7 Å². The fourth-order valence-corrected chi connectivity index (χ4v) is 3.65. The van der Waals surface area contributed by atoms with Crippen LogP contribution >= 0.6 is 35.0 Å². The molecule has 0 bridgehead atoms. The number of hydrogen-bond donors (Lipinski definition) is 1. The third-order valence-corrected chi connectivity index (χ3v) is 5.94. The predicted molar refractivity (Wildman–Crippen MR) is 111 cm³/mol. The zero-order valence-corrected chi connectivity index (χ0v) is 17.6. The van der Waals surface area contributed by atoms with Crippen LogP contribution in [-0.4, -0.2) is 25.6 Å². The second-order valence-corrected chi connectivity index (χ2v) is 7.96. The van der Waals surface area contributed by atoms with Gasteiger partial charge in [-0.1, -0.05) is 29.3 Å². The topological polar surface area (TPSA) is 103 Å². The van der Waals surface area contributed by atoms with Gasteiger partial charge in [-0.15, -0.1) is 10.2 Å². The molecule has 1 amide bonds. The van der Waals surface area contributed by atoms with Crippen molar-refractivity contribution in [3.63, 3.8) is 0 Å². The lowest BCUT2D eigenvalue weighted by atomic mass is 10.1. The number of nitro benzene ring substituents is 1. The van der Waals surface area contributed by atoms with Gasteiger partial charge in [-0.2, -0.15) is 0 Å². The summed E-state index contributed by atoms with van der Waals surface area (Å²) >= 11 is 13.0. The molecule has 1 N–H and O–H groups in total. The van der Waals surface area contributed by atoms with Crippen LogP contribution < -0.4 is 5.32 Å². The second kappa shape index (κ2) is 8.81. The number of amides is 1. The number of benzene rings is 2. The number of aromatic nitrogens is 3. The fraction of sp³-hybridized carbons (Fsp3) is 0.167. The first-order chi connectivity index (χ1) is 13.8. The Hall–Kier alpha value is -2.62. The molecule has 1 heterocycles. The molecule has 0 saturated carbocycles. The molecule has 0 aliphatic rings. The smallest absolute Gasteiger partial charge is 0.284 e. The number of halogens is 2. The average molecular weight is 452 g/mol. The van der Waals surface area contributed by atoms with E-state index in [0.29, 0.717) is 20.1 Å². The summed E-state index contributed by atoms with van der Waals surface area (Å²) in [5.41, 5.74) is 0.746. The molecule has 0 spiro atoms. The summed E-state index contributed by atoms with van der Waals surface area (Å²) in [5.74, 6) is -0.443. The highest BCUT2D eigenvalue weighted by Crippen LogP contribution is 2.34. The van der Waals surface area contributed by atoms with E-state index in [-0.39, 0.29) is 17.3 Å². The monoisotopic (exact) mass is 451 g/mol. The molecular formula is C18H15Cl2N5O3S. The molecule has 0 radical (unpaired) electrons. The van der Waals surface area contributed by atoms with E-state index < -0.39 is 10.8 Å². The quantitative estimate of drug-likeness (QED) is 0.431. The first-order valence-electron chi connectivity index (χ1n) is 8.32. The Morgan fingerprint density at radius 2 is 2.00 bits per heavy atom. The molecule has 0 aliphatic heterocycles. The lowest BCUT2D eigenvalue weighted by Crippen LogP contribution is -2.26. The van der Waals surface area contributed by atoms with Gasteiger partial charge in [-0.05, 0) is 48.5 Å². The first-order valence-corrected chi connectivity index (χ1v) is 9.89. The summed E-state index contributed by atoms with van der Waals surface area (Å²) in [6, 6.07) is 8.99. The lowest BCUT2D eigenvalue weighted by Gasteiger charge is -2.15. The number of carbonyl (C=O) groups excluding carboxylic acids is 1. The minimum Gasteiger partial charge on any atom is -0.346 e. The van der Waals surface area contributed by atoms with Crippen molar-refractivity contribution in [3.05, 3.63) is 74.0 Å². The van der Waals surface area contributed by atoms with Gasteiger partial charge in [0.05, 0.1) is 25.9 Å². The van der Waals surface area contributed by atoms with Gasteiger partial charge in [0.15, 0.2) is 5.16 Å². The maximum Gasteiger partial charge on any atom is 0.284 e.